The van der Waals surface area contributed by atoms with Crippen LogP contribution in [0.1, 0.15) is 27.7 Å². The van der Waals surface area contributed by atoms with Gasteiger partial charge in [-0.3, -0.25) is 4.79 Å². The molecule has 104 valence electrons. The number of aliphatic hydroxyl groups is 2. The molecule has 0 bridgehead atoms. The third-order valence-corrected chi connectivity index (χ3v) is 3.39. The summed E-state index contributed by atoms with van der Waals surface area (Å²) in [6.07, 6.45) is -2.51. The van der Waals surface area contributed by atoms with E-state index in [1.807, 2.05) is 0 Å². The van der Waals surface area contributed by atoms with Gasteiger partial charge in [-0.1, -0.05) is 20.8 Å². The van der Waals surface area contributed by atoms with Gasteiger partial charge in [-0.15, -0.1) is 0 Å². The van der Waals surface area contributed by atoms with Gasteiger partial charge in [0.05, 0.1) is 18.6 Å². The standard InChI is InChI=1S/C12H21NO5/c1-5-18-11(17)12(8(14)6(2)3)9(15)7(4)10(16)13-12/h6-9,14-15H,5H2,1-4H3,(H,13,16). The molecule has 3 N–H and O–H groups in total. The highest BCUT2D eigenvalue weighted by Gasteiger charge is 2.61. The van der Waals surface area contributed by atoms with Crippen molar-refractivity contribution in [3.05, 3.63) is 0 Å². The first-order chi connectivity index (χ1) is 8.28. The highest BCUT2D eigenvalue weighted by molar-refractivity contribution is 5.95. The van der Waals surface area contributed by atoms with Crippen molar-refractivity contribution < 1.29 is 24.5 Å². The van der Waals surface area contributed by atoms with Crippen LogP contribution in [-0.2, 0) is 14.3 Å². The Morgan fingerprint density at radius 3 is 2.44 bits per heavy atom. The van der Waals surface area contributed by atoms with Gasteiger partial charge < -0.3 is 20.3 Å². The number of nitrogens with one attached hydrogen (secondary N) is 1. The van der Waals surface area contributed by atoms with Crippen molar-refractivity contribution in [2.75, 3.05) is 6.61 Å². The van der Waals surface area contributed by atoms with Gasteiger partial charge in [-0.05, 0) is 12.8 Å². The predicted molar refractivity (Wildman–Crippen MR) is 63.5 cm³/mol. The van der Waals surface area contributed by atoms with Gasteiger partial charge in [0.2, 0.25) is 5.91 Å². The fourth-order valence-electron chi connectivity index (χ4n) is 2.25. The summed E-state index contributed by atoms with van der Waals surface area (Å²) in [5.74, 6) is -2.33. The van der Waals surface area contributed by atoms with E-state index in [4.69, 9.17) is 4.74 Å². The average Bonchev–Trinajstić information content (AvgIpc) is 2.54. The molecule has 0 aromatic rings. The van der Waals surface area contributed by atoms with Gasteiger partial charge in [0.25, 0.3) is 0 Å². The Bertz CT molecular complexity index is 343. The second-order valence-corrected chi connectivity index (χ2v) is 5.00. The molecule has 0 saturated carbocycles. The molecule has 6 heteroatoms. The summed E-state index contributed by atoms with van der Waals surface area (Å²) in [7, 11) is 0. The SMILES string of the molecule is CCOC(=O)C1(C(O)C(C)C)NC(=O)C(C)C1O. The lowest BCUT2D eigenvalue weighted by Gasteiger charge is -2.36. The van der Waals surface area contributed by atoms with Crippen LogP contribution in [0.25, 0.3) is 0 Å². The molecule has 1 aliphatic heterocycles. The molecule has 0 aliphatic carbocycles. The average molecular weight is 259 g/mol. The van der Waals surface area contributed by atoms with Gasteiger partial charge in [0.1, 0.15) is 6.10 Å². The van der Waals surface area contributed by atoms with Crippen LogP contribution in [0.2, 0.25) is 0 Å². The minimum absolute atomic E-state index is 0.113. The zero-order valence-electron chi connectivity index (χ0n) is 11.1. The van der Waals surface area contributed by atoms with E-state index >= 15 is 0 Å². The van der Waals surface area contributed by atoms with Crippen molar-refractivity contribution in [3.8, 4) is 0 Å². The second kappa shape index (κ2) is 5.24. The monoisotopic (exact) mass is 259 g/mol. The topological polar surface area (TPSA) is 95.9 Å². The second-order valence-electron chi connectivity index (χ2n) is 5.00. The summed E-state index contributed by atoms with van der Waals surface area (Å²) < 4.78 is 4.89. The molecule has 1 amide bonds. The number of aliphatic hydroxyl groups excluding tert-OH is 2. The van der Waals surface area contributed by atoms with Crippen LogP contribution in [-0.4, -0.2) is 46.4 Å². The number of carbonyl (C=O) groups excluding carboxylic acids is 2. The Morgan fingerprint density at radius 1 is 1.56 bits per heavy atom. The van der Waals surface area contributed by atoms with E-state index in [-0.39, 0.29) is 12.5 Å². The number of ether oxygens (including phenoxy) is 1. The molecular weight excluding hydrogens is 238 g/mol. The number of hydrogen-bond acceptors (Lipinski definition) is 5. The number of esters is 1. The third kappa shape index (κ3) is 2.10. The van der Waals surface area contributed by atoms with Crippen LogP contribution in [0, 0.1) is 11.8 Å². The molecule has 0 spiro atoms. The highest BCUT2D eigenvalue weighted by Crippen LogP contribution is 2.33. The van der Waals surface area contributed by atoms with Crippen LogP contribution in [0.5, 0.6) is 0 Å². The molecule has 1 heterocycles. The van der Waals surface area contributed by atoms with Crippen LogP contribution >= 0.6 is 0 Å². The largest absolute Gasteiger partial charge is 0.464 e. The van der Waals surface area contributed by atoms with Crippen molar-refractivity contribution in [2.24, 2.45) is 11.8 Å². The van der Waals surface area contributed by atoms with Crippen molar-refractivity contribution in [1.82, 2.24) is 5.32 Å². The van der Waals surface area contributed by atoms with Gasteiger partial charge in [-0.2, -0.15) is 0 Å². The minimum Gasteiger partial charge on any atom is -0.464 e. The maximum Gasteiger partial charge on any atom is 0.337 e. The van der Waals surface area contributed by atoms with Crippen LogP contribution in [0.15, 0.2) is 0 Å². The summed E-state index contributed by atoms with van der Waals surface area (Å²) in [6, 6.07) is 0. The van der Waals surface area contributed by atoms with Gasteiger partial charge in [-0.25, -0.2) is 4.79 Å². The van der Waals surface area contributed by atoms with E-state index in [0.29, 0.717) is 0 Å². The first-order valence-electron chi connectivity index (χ1n) is 6.14. The molecule has 18 heavy (non-hydrogen) atoms. The quantitative estimate of drug-likeness (QED) is 0.588. The lowest BCUT2D eigenvalue weighted by Crippen LogP contribution is -2.65. The van der Waals surface area contributed by atoms with E-state index in [0.717, 1.165) is 0 Å². The predicted octanol–water partition coefficient (Wildman–Crippen LogP) is -0.568. The fraction of sp³-hybridized carbons (Fsp3) is 0.833. The van der Waals surface area contributed by atoms with Gasteiger partial charge in [0, 0.05) is 0 Å². The van der Waals surface area contributed by atoms with E-state index < -0.39 is 35.5 Å². The first-order valence-corrected chi connectivity index (χ1v) is 6.14. The van der Waals surface area contributed by atoms with Crippen LogP contribution in [0.3, 0.4) is 0 Å². The molecular formula is C12H21NO5. The number of rotatable bonds is 4. The maximum atomic E-state index is 12.1. The molecule has 6 nitrogen and oxygen atoms in total. The van der Waals surface area contributed by atoms with Crippen molar-refractivity contribution in [1.29, 1.82) is 0 Å². The highest BCUT2D eigenvalue weighted by atomic mass is 16.5. The summed E-state index contributed by atoms with van der Waals surface area (Å²) in [5.41, 5.74) is -1.76. The van der Waals surface area contributed by atoms with E-state index in [9.17, 15) is 19.8 Å². The van der Waals surface area contributed by atoms with E-state index in [1.54, 1.807) is 20.8 Å². The zero-order chi connectivity index (χ0) is 14.1. The lowest BCUT2D eigenvalue weighted by molar-refractivity contribution is -0.165. The molecule has 0 radical (unpaired) electrons. The molecule has 1 saturated heterocycles. The molecule has 1 fully saturated rings. The Hall–Kier alpha value is -1.14. The maximum absolute atomic E-state index is 12.1. The van der Waals surface area contributed by atoms with Crippen molar-refractivity contribution in [2.45, 2.75) is 45.4 Å². The van der Waals surface area contributed by atoms with Crippen LogP contribution < -0.4 is 5.32 Å². The summed E-state index contributed by atoms with van der Waals surface area (Å²) in [5, 5.41) is 22.8. The molecule has 0 aromatic carbocycles. The normalized spacial score (nSPS) is 33.4. The molecule has 0 aromatic heterocycles. The number of hydrogen-bond donors (Lipinski definition) is 3. The van der Waals surface area contributed by atoms with Gasteiger partial charge in [0.15, 0.2) is 5.54 Å². The van der Waals surface area contributed by atoms with E-state index in [1.165, 1.54) is 6.92 Å². The molecule has 4 atom stereocenters. The van der Waals surface area contributed by atoms with E-state index in [2.05, 4.69) is 5.32 Å². The third-order valence-electron chi connectivity index (χ3n) is 3.39. The van der Waals surface area contributed by atoms with Crippen molar-refractivity contribution >= 4 is 11.9 Å². The molecule has 1 rings (SSSR count). The molecule has 1 aliphatic rings. The Balaban J connectivity index is 3.18. The fourth-order valence-corrected chi connectivity index (χ4v) is 2.25. The molecule has 4 unspecified atom stereocenters. The van der Waals surface area contributed by atoms with Crippen molar-refractivity contribution in [3.63, 3.8) is 0 Å². The Kier molecular flexibility index (Phi) is 4.34. The van der Waals surface area contributed by atoms with Gasteiger partial charge >= 0.3 is 5.97 Å². The lowest BCUT2D eigenvalue weighted by atomic mass is 9.80. The Morgan fingerprint density at radius 2 is 2.11 bits per heavy atom. The summed E-state index contributed by atoms with van der Waals surface area (Å²) in [4.78, 5) is 23.7. The van der Waals surface area contributed by atoms with Crippen LogP contribution in [0.4, 0.5) is 0 Å². The minimum atomic E-state index is -1.76. The zero-order valence-corrected chi connectivity index (χ0v) is 11.1. The number of carbonyl (C=O) groups is 2. The Labute approximate surface area is 106 Å². The number of amides is 1. The first kappa shape index (κ1) is 14.9. The summed E-state index contributed by atoms with van der Waals surface area (Å²) in [6.45, 7) is 6.65. The summed E-state index contributed by atoms with van der Waals surface area (Å²) >= 11 is 0. The smallest absolute Gasteiger partial charge is 0.337 e.